The molecule has 1 aliphatic rings. The van der Waals surface area contributed by atoms with Crippen molar-refractivity contribution in [2.75, 3.05) is 14.2 Å². The zero-order valence-corrected chi connectivity index (χ0v) is 13.2. The summed E-state index contributed by atoms with van der Waals surface area (Å²) in [6.07, 6.45) is 2.10. The van der Waals surface area contributed by atoms with Crippen LogP contribution in [0, 0.1) is 13.8 Å². The maximum Gasteiger partial charge on any atom is 0.405 e. The van der Waals surface area contributed by atoms with Gasteiger partial charge in [-0.25, -0.2) is 9.13 Å². The maximum absolute atomic E-state index is 5.53. The second-order valence-electron chi connectivity index (χ2n) is 5.64. The number of benzene rings is 1. The normalized spacial score (nSPS) is 12.4. The van der Waals surface area contributed by atoms with Crippen LogP contribution in [-0.4, -0.2) is 23.8 Å². The van der Waals surface area contributed by atoms with Crippen LogP contribution in [0.4, 0.5) is 0 Å². The van der Waals surface area contributed by atoms with E-state index in [4.69, 9.17) is 14.5 Å². The number of ether oxygens (including phenoxy) is 2. The topological polar surface area (TPSA) is 40.2 Å². The average molecular weight is 296 g/mol. The predicted molar refractivity (Wildman–Crippen MR) is 82.9 cm³/mol. The molecule has 0 atom stereocenters. The van der Waals surface area contributed by atoms with Crippen LogP contribution in [0.2, 0.25) is 0 Å². The first-order valence-corrected chi connectivity index (χ1v) is 7.27. The van der Waals surface area contributed by atoms with Crippen molar-refractivity contribution >= 4 is 11.0 Å². The molecular formula is C17H18N3O2+. The highest BCUT2D eigenvalue weighted by molar-refractivity contribution is 5.79. The minimum absolute atomic E-state index is 0.806. The first kappa shape index (κ1) is 13.1. The third-order valence-electron chi connectivity index (χ3n) is 4.41. The summed E-state index contributed by atoms with van der Waals surface area (Å²) >= 11 is 0. The molecule has 3 aromatic rings. The van der Waals surface area contributed by atoms with Crippen LogP contribution in [0.1, 0.15) is 16.8 Å². The SMILES string of the molecule is COc1ccc2c(c1)nc1n2Cc2c(C)c(OC)c(C)c[n+]2-1. The Morgan fingerprint density at radius 1 is 1.18 bits per heavy atom. The number of methoxy groups -OCH3 is 2. The molecule has 2 aromatic heterocycles. The Bertz CT molecular complexity index is 912. The van der Waals surface area contributed by atoms with E-state index in [2.05, 4.69) is 35.2 Å². The summed E-state index contributed by atoms with van der Waals surface area (Å²) < 4.78 is 15.2. The molecule has 0 N–H and O–H groups in total. The molecule has 1 aliphatic heterocycles. The number of pyridine rings is 1. The van der Waals surface area contributed by atoms with Crippen molar-refractivity contribution in [1.82, 2.24) is 9.55 Å². The Hall–Kier alpha value is -2.56. The smallest absolute Gasteiger partial charge is 0.405 e. The largest absolute Gasteiger partial charge is 0.497 e. The molecule has 5 heteroatoms. The predicted octanol–water partition coefficient (Wildman–Crippen LogP) is 2.31. The monoisotopic (exact) mass is 296 g/mol. The van der Waals surface area contributed by atoms with Crippen molar-refractivity contribution in [2.45, 2.75) is 20.4 Å². The number of hydrogen-bond donors (Lipinski definition) is 0. The molecule has 22 heavy (non-hydrogen) atoms. The van der Waals surface area contributed by atoms with E-state index in [0.717, 1.165) is 40.6 Å². The van der Waals surface area contributed by atoms with E-state index >= 15 is 0 Å². The van der Waals surface area contributed by atoms with E-state index in [0.29, 0.717) is 0 Å². The van der Waals surface area contributed by atoms with Gasteiger partial charge in [-0.15, -0.1) is 0 Å². The van der Waals surface area contributed by atoms with Gasteiger partial charge in [0.15, 0.2) is 5.52 Å². The molecule has 5 nitrogen and oxygen atoms in total. The molecule has 3 heterocycles. The van der Waals surface area contributed by atoms with Crippen LogP contribution >= 0.6 is 0 Å². The van der Waals surface area contributed by atoms with Crippen LogP contribution in [0.25, 0.3) is 17.0 Å². The summed E-state index contributed by atoms with van der Waals surface area (Å²) in [6.45, 7) is 4.98. The third-order valence-corrected chi connectivity index (χ3v) is 4.41. The molecule has 0 aliphatic carbocycles. The molecular weight excluding hydrogens is 278 g/mol. The summed E-state index contributed by atoms with van der Waals surface area (Å²) in [5.74, 6) is 2.74. The van der Waals surface area contributed by atoms with Crippen LogP contribution in [0.15, 0.2) is 24.4 Å². The average Bonchev–Trinajstić information content (AvgIpc) is 3.04. The van der Waals surface area contributed by atoms with E-state index in [1.165, 1.54) is 11.3 Å². The maximum atomic E-state index is 5.53. The molecule has 4 rings (SSSR count). The lowest BCUT2D eigenvalue weighted by Crippen LogP contribution is -2.34. The van der Waals surface area contributed by atoms with E-state index in [-0.39, 0.29) is 0 Å². The number of hydrogen-bond acceptors (Lipinski definition) is 3. The molecule has 1 aromatic carbocycles. The quantitative estimate of drug-likeness (QED) is 0.533. The molecule has 0 saturated heterocycles. The molecule has 0 bridgehead atoms. The number of nitrogens with zero attached hydrogens (tertiary/aromatic N) is 3. The first-order valence-electron chi connectivity index (χ1n) is 7.27. The highest BCUT2D eigenvalue weighted by Gasteiger charge is 2.33. The number of imidazole rings is 1. The lowest BCUT2D eigenvalue weighted by Gasteiger charge is -2.10. The van der Waals surface area contributed by atoms with Gasteiger partial charge >= 0.3 is 5.95 Å². The summed E-state index contributed by atoms with van der Waals surface area (Å²) in [4.78, 5) is 4.79. The summed E-state index contributed by atoms with van der Waals surface area (Å²) in [7, 11) is 3.40. The van der Waals surface area contributed by atoms with Crippen molar-refractivity contribution in [3.63, 3.8) is 0 Å². The van der Waals surface area contributed by atoms with Crippen molar-refractivity contribution in [2.24, 2.45) is 0 Å². The Balaban J connectivity index is 1.97. The summed E-state index contributed by atoms with van der Waals surface area (Å²) in [6, 6.07) is 6.02. The van der Waals surface area contributed by atoms with E-state index in [1.807, 2.05) is 12.1 Å². The second-order valence-corrected chi connectivity index (χ2v) is 5.64. The number of aromatic nitrogens is 3. The summed E-state index contributed by atoms with van der Waals surface area (Å²) in [5.41, 5.74) is 5.59. The standard InChI is InChI=1S/C17H18N3O2/c1-10-8-19-15(11(2)16(10)22-4)9-20-14-6-5-12(21-3)7-13(14)18-17(19)20/h5-8H,9H2,1-4H3/q+1. The van der Waals surface area contributed by atoms with Gasteiger partial charge in [0.25, 0.3) is 0 Å². The zero-order valence-electron chi connectivity index (χ0n) is 13.2. The third kappa shape index (κ3) is 1.59. The fraction of sp³-hybridized carbons (Fsp3) is 0.294. The first-order chi connectivity index (χ1) is 10.6. The Kier molecular flexibility index (Phi) is 2.66. The lowest BCUT2D eigenvalue weighted by molar-refractivity contribution is -0.603. The van der Waals surface area contributed by atoms with Gasteiger partial charge in [-0.3, -0.25) is 0 Å². The Morgan fingerprint density at radius 3 is 2.73 bits per heavy atom. The molecule has 0 saturated carbocycles. The highest BCUT2D eigenvalue weighted by atomic mass is 16.5. The summed E-state index contributed by atoms with van der Waals surface area (Å²) in [5, 5.41) is 0. The minimum Gasteiger partial charge on any atom is -0.497 e. The highest BCUT2D eigenvalue weighted by Crippen LogP contribution is 2.30. The van der Waals surface area contributed by atoms with Gasteiger partial charge in [0.1, 0.15) is 29.3 Å². The second kappa shape index (κ2) is 4.47. The van der Waals surface area contributed by atoms with Crippen molar-refractivity contribution in [1.29, 1.82) is 0 Å². The van der Waals surface area contributed by atoms with Gasteiger partial charge in [0.2, 0.25) is 0 Å². The number of rotatable bonds is 2. The van der Waals surface area contributed by atoms with Crippen LogP contribution in [0.3, 0.4) is 0 Å². The fourth-order valence-corrected chi connectivity index (χ4v) is 3.34. The van der Waals surface area contributed by atoms with Crippen molar-refractivity contribution < 1.29 is 14.0 Å². The van der Waals surface area contributed by atoms with Crippen molar-refractivity contribution in [3.05, 3.63) is 41.2 Å². The molecule has 0 spiro atoms. The molecule has 112 valence electrons. The van der Waals surface area contributed by atoms with Crippen LogP contribution < -0.4 is 14.0 Å². The fourth-order valence-electron chi connectivity index (χ4n) is 3.34. The van der Waals surface area contributed by atoms with Crippen LogP contribution in [0.5, 0.6) is 11.5 Å². The van der Waals surface area contributed by atoms with Gasteiger partial charge in [-0.05, 0) is 26.0 Å². The van der Waals surface area contributed by atoms with Crippen molar-refractivity contribution in [3.8, 4) is 17.4 Å². The molecule has 0 radical (unpaired) electrons. The zero-order chi connectivity index (χ0) is 15.4. The van der Waals surface area contributed by atoms with Gasteiger partial charge in [0, 0.05) is 17.2 Å². The van der Waals surface area contributed by atoms with E-state index < -0.39 is 0 Å². The van der Waals surface area contributed by atoms with Gasteiger partial charge < -0.3 is 9.47 Å². The number of fused-ring (bicyclic) bond motifs is 5. The number of aryl methyl sites for hydroxylation is 1. The van der Waals surface area contributed by atoms with Gasteiger partial charge in [-0.1, -0.05) is 4.98 Å². The van der Waals surface area contributed by atoms with Crippen LogP contribution in [-0.2, 0) is 6.54 Å². The molecule has 0 fully saturated rings. The molecule has 0 amide bonds. The van der Waals surface area contributed by atoms with Gasteiger partial charge in [-0.2, -0.15) is 0 Å². The van der Waals surface area contributed by atoms with E-state index in [1.54, 1.807) is 14.2 Å². The minimum atomic E-state index is 0.806. The lowest BCUT2D eigenvalue weighted by atomic mass is 10.1. The van der Waals surface area contributed by atoms with E-state index in [9.17, 15) is 0 Å². The van der Waals surface area contributed by atoms with Gasteiger partial charge in [0.05, 0.1) is 20.4 Å². The molecule has 0 unspecified atom stereocenters. The Morgan fingerprint density at radius 2 is 2.00 bits per heavy atom. The Labute approximate surface area is 128 Å².